The number of esters is 1. The van der Waals surface area contributed by atoms with Crippen LogP contribution in [0.1, 0.15) is 12.8 Å². The second kappa shape index (κ2) is 7.40. The molecule has 2 saturated heterocycles. The summed E-state index contributed by atoms with van der Waals surface area (Å²) in [5.41, 5.74) is 1.16. The highest BCUT2D eigenvalue weighted by Crippen LogP contribution is 2.53. The van der Waals surface area contributed by atoms with Crippen LogP contribution in [0.25, 0.3) is 0 Å². The maximum absolute atomic E-state index is 13.1. The number of amides is 3. The topological polar surface area (TPSA) is 84.0 Å². The molecular formula is C26H22N2O5. The van der Waals surface area contributed by atoms with Crippen molar-refractivity contribution in [3.05, 3.63) is 66.7 Å². The van der Waals surface area contributed by atoms with Crippen molar-refractivity contribution in [2.45, 2.75) is 12.8 Å². The van der Waals surface area contributed by atoms with E-state index in [-0.39, 0.29) is 60.1 Å². The van der Waals surface area contributed by atoms with Crippen LogP contribution in [0.15, 0.2) is 66.7 Å². The number of hydrogen-bond acceptors (Lipinski definition) is 5. The minimum absolute atomic E-state index is 0.0790. The molecule has 3 fully saturated rings. The van der Waals surface area contributed by atoms with Gasteiger partial charge in [-0.25, -0.2) is 4.90 Å². The van der Waals surface area contributed by atoms with Crippen molar-refractivity contribution in [2.24, 2.45) is 29.6 Å². The van der Waals surface area contributed by atoms with E-state index in [0.717, 1.165) is 12.1 Å². The number of carbonyl (C=O) groups excluding carboxylic acids is 4. The Labute approximate surface area is 190 Å². The van der Waals surface area contributed by atoms with Crippen LogP contribution >= 0.6 is 0 Å². The molecule has 0 spiro atoms. The fourth-order valence-electron chi connectivity index (χ4n) is 5.77. The maximum atomic E-state index is 13.1. The van der Waals surface area contributed by atoms with E-state index in [1.165, 1.54) is 4.90 Å². The van der Waals surface area contributed by atoms with Crippen molar-refractivity contribution >= 4 is 35.1 Å². The molecule has 6 rings (SSSR count). The summed E-state index contributed by atoms with van der Waals surface area (Å²) in [4.78, 5) is 54.2. The molecule has 2 bridgehead atoms. The minimum atomic E-state index is -0.586. The van der Waals surface area contributed by atoms with Crippen molar-refractivity contribution in [3.63, 3.8) is 0 Å². The van der Waals surface area contributed by atoms with Crippen molar-refractivity contribution in [2.75, 3.05) is 16.3 Å². The molecule has 4 aliphatic rings. The molecule has 0 N–H and O–H groups in total. The molecule has 0 aromatic heterocycles. The molecule has 2 aromatic rings. The number of fused-ring (bicyclic) bond motifs is 5. The fourth-order valence-corrected chi connectivity index (χ4v) is 5.77. The molecule has 0 unspecified atom stereocenters. The van der Waals surface area contributed by atoms with Gasteiger partial charge in [-0.05, 0) is 42.5 Å². The van der Waals surface area contributed by atoms with E-state index < -0.39 is 11.9 Å². The van der Waals surface area contributed by atoms with E-state index in [2.05, 4.69) is 12.2 Å². The quantitative estimate of drug-likeness (QED) is 0.315. The highest BCUT2D eigenvalue weighted by Gasteiger charge is 2.59. The maximum Gasteiger partial charge on any atom is 0.316 e. The SMILES string of the molecule is O=C(Oc1cccc(N2C(=O)[C@@H]3[C@H](C2=O)[C@H]2C=C[C@H]3C2)c1)[C@H]1CC(=O)N(c2ccccc2)C1. The average Bonchev–Trinajstić information content (AvgIpc) is 3.58. The van der Waals surface area contributed by atoms with Crippen molar-refractivity contribution < 1.29 is 23.9 Å². The first-order valence-corrected chi connectivity index (χ1v) is 11.2. The van der Waals surface area contributed by atoms with E-state index in [9.17, 15) is 19.2 Å². The summed E-state index contributed by atoms with van der Waals surface area (Å²) in [7, 11) is 0. The first kappa shape index (κ1) is 19.9. The lowest BCUT2D eigenvalue weighted by Crippen LogP contribution is -2.32. The van der Waals surface area contributed by atoms with Crippen LogP contribution in [0.2, 0.25) is 0 Å². The van der Waals surface area contributed by atoms with Crippen LogP contribution in [0, 0.1) is 29.6 Å². The normalized spacial score (nSPS) is 29.8. The second-order valence-corrected chi connectivity index (χ2v) is 9.17. The number of nitrogens with zero attached hydrogens (tertiary/aromatic N) is 2. The minimum Gasteiger partial charge on any atom is -0.426 e. The summed E-state index contributed by atoms with van der Waals surface area (Å²) in [5, 5.41) is 0. The predicted molar refractivity (Wildman–Crippen MR) is 119 cm³/mol. The van der Waals surface area contributed by atoms with Gasteiger partial charge in [-0.1, -0.05) is 36.4 Å². The zero-order valence-corrected chi connectivity index (χ0v) is 17.8. The van der Waals surface area contributed by atoms with E-state index >= 15 is 0 Å². The standard InChI is InChI=1S/C26H22N2O5/c29-21-12-17(14-27(21)18-5-2-1-3-6-18)26(32)33-20-8-4-7-19(13-20)28-24(30)22-15-9-10-16(11-15)23(22)25(28)31/h1-10,13,15-17,22-23H,11-12,14H2/t15-,16-,17-,22-,23+/m0/s1. The summed E-state index contributed by atoms with van der Waals surface area (Å²) in [6, 6.07) is 15.7. The van der Waals surface area contributed by atoms with Gasteiger partial charge in [0.25, 0.3) is 0 Å². The number of rotatable bonds is 4. The Hall–Kier alpha value is -3.74. The molecule has 7 heteroatoms. The Kier molecular flexibility index (Phi) is 4.47. The van der Waals surface area contributed by atoms with Gasteiger partial charge in [-0.2, -0.15) is 0 Å². The largest absolute Gasteiger partial charge is 0.426 e. The fraction of sp³-hybridized carbons (Fsp3) is 0.308. The Morgan fingerprint density at radius 2 is 1.52 bits per heavy atom. The number of hydrogen-bond donors (Lipinski definition) is 0. The number of allylic oxidation sites excluding steroid dienone is 2. The van der Waals surface area contributed by atoms with Gasteiger partial charge in [-0.15, -0.1) is 0 Å². The van der Waals surface area contributed by atoms with Crippen LogP contribution in [-0.2, 0) is 19.2 Å². The number of ether oxygens (including phenoxy) is 1. The summed E-state index contributed by atoms with van der Waals surface area (Å²) >= 11 is 0. The Balaban J connectivity index is 1.17. The van der Waals surface area contributed by atoms with Crippen molar-refractivity contribution in [3.8, 4) is 5.75 Å². The molecule has 3 amide bonds. The number of carbonyl (C=O) groups is 4. The number of anilines is 2. The van der Waals surface area contributed by atoms with Crippen molar-refractivity contribution in [1.29, 1.82) is 0 Å². The molecule has 0 radical (unpaired) electrons. The van der Waals surface area contributed by atoms with Gasteiger partial charge in [-0.3, -0.25) is 19.2 Å². The van der Waals surface area contributed by atoms with Gasteiger partial charge in [0.2, 0.25) is 17.7 Å². The number of imide groups is 1. The zero-order chi connectivity index (χ0) is 22.7. The first-order valence-electron chi connectivity index (χ1n) is 11.2. The Morgan fingerprint density at radius 3 is 2.21 bits per heavy atom. The number of benzene rings is 2. The lowest BCUT2D eigenvalue weighted by atomic mass is 9.85. The van der Waals surface area contributed by atoms with Crippen LogP contribution in [0.5, 0.6) is 5.75 Å². The molecule has 2 heterocycles. The third kappa shape index (κ3) is 3.10. The van der Waals surface area contributed by atoms with Gasteiger partial charge in [0.1, 0.15) is 5.75 Å². The third-order valence-electron chi connectivity index (χ3n) is 7.29. The van der Waals surface area contributed by atoms with E-state index in [1.54, 1.807) is 29.2 Å². The highest BCUT2D eigenvalue weighted by atomic mass is 16.5. The second-order valence-electron chi connectivity index (χ2n) is 9.17. The van der Waals surface area contributed by atoms with E-state index in [4.69, 9.17) is 4.74 Å². The Bertz CT molecular complexity index is 1180. The molecule has 2 aliphatic heterocycles. The van der Waals surface area contributed by atoms with Crippen LogP contribution in [0.3, 0.4) is 0 Å². The zero-order valence-electron chi connectivity index (χ0n) is 17.8. The van der Waals surface area contributed by atoms with Crippen LogP contribution in [-0.4, -0.2) is 30.2 Å². The highest BCUT2D eigenvalue weighted by molar-refractivity contribution is 6.22. The molecule has 166 valence electrons. The van der Waals surface area contributed by atoms with E-state index in [0.29, 0.717) is 5.69 Å². The first-order chi connectivity index (χ1) is 16.0. The Morgan fingerprint density at radius 1 is 0.848 bits per heavy atom. The van der Waals surface area contributed by atoms with Gasteiger partial charge < -0.3 is 9.64 Å². The van der Waals surface area contributed by atoms with Crippen molar-refractivity contribution in [1.82, 2.24) is 0 Å². The summed E-state index contributed by atoms with van der Waals surface area (Å²) in [6.07, 6.45) is 5.06. The molecule has 2 aromatic carbocycles. The molecule has 7 nitrogen and oxygen atoms in total. The average molecular weight is 442 g/mol. The summed E-state index contributed by atoms with van der Waals surface area (Å²) < 4.78 is 5.57. The molecular weight excluding hydrogens is 420 g/mol. The van der Waals surface area contributed by atoms with Crippen LogP contribution in [0.4, 0.5) is 11.4 Å². The van der Waals surface area contributed by atoms with Gasteiger partial charge in [0.15, 0.2) is 0 Å². The predicted octanol–water partition coefficient (Wildman–Crippen LogP) is 2.96. The monoisotopic (exact) mass is 442 g/mol. The van der Waals surface area contributed by atoms with Gasteiger partial charge in [0.05, 0.1) is 23.4 Å². The van der Waals surface area contributed by atoms with Gasteiger partial charge in [0, 0.05) is 24.7 Å². The van der Waals surface area contributed by atoms with Crippen LogP contribution < -0.4 is 14.5 Å². The molecule has 1 saturated carbocycles. The lowest BCUT2D eigenvalue weighted by molar-refractivity contribution is -0.139. The van der Waals surface area contributed by atoms with Gasteiger partial charge >= 0.3 is 5.97 Å². The summed E-state index contributed by atoms with van der Waals surface area (Å²) in [5.74, 6) is -1.61. The lowest BCUT2D eigenvalue weighted by Gasteiger charge is -2.18. The third-order valence-corrected chi connectivity index (χ3v) is 7.29. The smallest absolute Gasteiger partial charge is 0.316 e. The number of para-hydroxylation sites is 1. The molecule has 5 atom stereocenters. The van der Waals surface area contributed by atoms with E-state index in [1.807, 2.05) is 30.3 Å². The molecule has 33 heavy (non-hydrogen) atoms. The summed E-state index contributed by atoms with van der Waals surface area (Å²) in [6.45, 7) is 0.254. The molecule has 2 aliphatic carbocycles.